The molecule has 3 fully saturated rings. The number of esters is 1. The monoisotopic (exact) mass is 465 g/mol. The number of halogens is 3. The molecule has 1 amide bonds. The third kappa shape index (κ3) is 3.56. The highest BCUT2D eigenvalue weighted by atomic mass is 19.4. The molecule has 2 atom stereocenters. The Morgan fingerprint density at radius 2 is 1.94 bits per heavy atom. The summed E-state index contributed by atoms with van der Waals surface area (Å²) in [6, 6.07) is 0.668. The number of hydrogen-bond donors (Lipinski definition) is 0. The number of carbonyl (C=O) groups excluding carboxylic acids is 2. The second-order valence-corrected chi connectivity index (χ2v) is 9.23. The topological polar surface area (TPSA) is 78.9 Å². The van der Waals surface area contributed by atoms with Crippen LogP contribution in [0.3, 0.4) is 0 Å². The minimum absolute atomic E-state index is 0.133. The van der Waals surface area contributed by atoms with E-state index in [0.29, 0.717) is 43.5 Å². The van der Waals surface area contributed by atoms with Gasteiger partial charge in [0, 0.05) is 50.7 Å². The number of hydrogen-bond acceptors (Lipinski definition) is 7. The first-order valence-corrected chi connectivity index (χ1v) is 11.3. The van der Waals surface area contributed by atoms with Gasteiger partial charge in [-0.3, -0.25) is 4.79 Å². The first-order valence-electron chi connectivity index (χ1n) is 11.3. The molecule has 1 aromatic heterocycles. The number of ether oxygens (including phenoxy) is 1. The van der Waals surface area contributed by atoms with Crippen LogP contribution in [0.25, 0.3) is 0 Å². The Labute approximate surface area is 189 Å². The van der Waals surface area contributed by atoms with Crippen LogP contribution >= 0.6 is 0 Å². The van der Waals surface area contributed by atoms with Crippen LogP contribution in [0.15, 0.2) is 23.5 Å². The zero-order valence-electron chi connectivity index (χ0n) is 18.6. The average Bonchev–Trinajstić information content (AvgIpc) is 3.46. The summed E-state index contributed by atoms with van der Waals surface area (Å²) < 4.78 is 45.0. The molecule has 11 heteroatoms. The normalized spacial score (nSPS) is 27.1. The lowest BCUT2D eigenvalue weighted by Crippen LogP contribution is -2.53. The summed E-state index contributed by atoms with van der Waals surface area (Å²) in [7, 11) is 0. The van der Waals surface area contributed by atoms with Crippen LogP contribution in [0.2, 0.25) is 0 Å². The van der Waals surface area contributed by atoms with Crippen molar-refractivity contribution in [2.24, 2.45) is 0 Å². The van der Waals surface area contributed by atoms with Gasteiger partial charge in [0.25, 0.3) is 5.91 Å². The average molecular weight is 465 g/mol. The fraction of sp³-hybridized carbons (Fsp3) is 0.636. The van der Waals surface area contributed by atoms with Crippen molar-refractivity contribution in [3.8, 4) is 0 Å². The Balaban J connectivity index is 1.34. The predicted molar refractivity (Wildman–Crippen MR) is 111 cm³/mol. The van der Waals surface area contributed by atoms with E-state index in [4.69, 9.17) is 4.74 Å². The zero-order chi connectivity index (χ0) is 23.5. The molecule has 1 aromatic rings. The Morgan fingerprint density at radius 1 is 1.21 bits per heavy atom. The first kappa shape index (κ1) is 22.1. The molecule has 0 N–H and O–H groups in total. The lowest BCUT2D eigenvalue weighted by Gasteiger charge is -2.41. The van der Waals surface area contributed by atoms with Crippen LogP contribution in [-0.4, -0.2) is 82.1 Å². The molecule has 3 saturated heterocycles. The van der Waals surface area contributed by atoms with Gasteiger partial charge in [0.15, 0.2) is 0 Å². The van der Waals surface area contributed by atoms with Crippen molar-refractivity contribution in [1.29, 1.82) is 0 Å². The molecule has 2 bridgehead atoms. The van der Waals surface area contributed by atoms with Crippen molar-refractivity contribution in [1.82, 2.24) is 19.8 Å². The number of piperidine rings is 1. The highest BCUT2D eigenvalue weighted by Gasteiger charge is 2.54. The largest absolute Gasteiger partial charge is 0.450 e. The molecule has 0 saturated carbocycles. The van der Waals surface area contributed by atoms with Gasteiger partial charge in [-0.2, -0.15) is 13.2 Å². The highest BCUT2D eigenvalue weighted by molar-refractivity contribution is 6.07. The van der Waals surface area contributed by atoms with E-state index in [1.807, 2.05) is 4.90 Å². The quantitative estimate of drug-likeness (QED) is 0.632. The molecule has 1 spiro atoms. The maximum absolute atomic E-state index is 13.7. The smallest absolute Gasteiger partial charge is 0.433 e. The Bertz CT molecular complexity index is 1020. The molecule has 0 unspecified atom stereocenters. The second kappa shape index (κ2) is 7.68. The van der Waals surface area contributed by atoms with E-state index in [9.17, 15) is 22.8 Å². The van der Waals surface area contributed by atoms with E-state index in [-0.39, 0.29) is 23.8 Å². The number of aromatic nitrogens is 2. The third-order valence-corrected chi connectivity index (χ3v) is 7.49. The van der Waals surface area contributed by atoms with Gasteiger partial charge in [0.1, 0.15) is 23.4 Å². The number of nitrogens with zero attached hydrogens (tertiary/aromatic N) is 5. The van der Waals surface area contributed by atoms with E-state index in [1.165, 1.54) is 0 Å². The summed E-state index contributed by atoms with van der Waals surface area (Å²) in [6.45, 7) is 6.90. The fourth-order valence-corrected chi connectivity index (χ4v) is 5.69. The Morgan fingerprint density at radius 3 is 2.55 bits per heavy atom. The summed E-state index contributed by atoms with van der Waals surface area (Å²) in [4.78, 5) is 39.4. The molecule has 33 heavy (non-hydrogen) atoms. The van der Waals surface area contributed by atoms with Gasteiger partial charge in [0.05, 0.1) is 17.7 Å². The number of fused-ring (bicyclic) bond motifs is 2. The molecule has 4 aliphatic rings. The van der Waals surface area contributed by atoms with Gasteiger partial charge in [-0.15, -0.1) is 0 Å². The number of carbonyl (C=O) groups is 2. The zero-order valence-corrected chi connectivity index (χ0v) is 18.6. The number of piperazine rings is 1. The highest BCUT2D eigenvalue weighted by Crippen LogP contribution is 2.44. The number of anilines is 1. The standard InChI is InChI=1S/C22H26F3N5O3/c1-3-28-6-4-21(5-7-28)18(13(2)20(32)33-21)19(31)30-11-14-8-15(30)10-29(14)17-9-16(22(23,24)25)26-12-27-17/h9,12,14-15H,3-8,10-11H2,1-2H3/t14-,15-/m0/s1. The Hall–Kier alpha value is -2.69. The van der Waals surface area contributed by atoms with Gasteiger partial charge < -0.3 is 19.4 Å². The molecule has 5 heterocycles. The van der Waals surface area contributed by atoms with Crippen molar-refractivity contribution in [2.45, 2.75) is 57.0 Å². The number of rotatable bonds is 3. The Kier molecular flexibility index (Phi) is 5.15. The first-order chi connectivity index (χ1) is 15.6. The molecule has 0 radical (unpaired) electrons. The molecule has 5 rings (SSSR count). The van der Waals surface area contributed by atoms with Crippen LogP contribution < -0.4 is 4.90 Å². The summed E-state index contributed by atoms with van der Waals surface area (Å²) in [5.74, 6) is -0.404. The van der Waals surface area contributed by atoms with Gasteiger partial charge >= 0.3 is 12.1 Å². The molecule has 0 aliphatic carbocycles. The summed E-state index contributed by atoms with van der Waals surface area (Å²) >= 11 is 0. The van der Waals surface area contributed by atoms with Crippen LogP contribution in [0, 0.1) is 0 Å². The van der Waals surface area contributed by atoms with Gasteiger partial charge in [-0.05, 0) is 19.9 Å². The maximum atomic E-state index is 13.7. The number of alkyl halides is 3. The number of likely N-dealkylation sites (tertiary alicyclic amines) is 2. The lowest BCUT2D eigenvalue weighted by atomic mass is 9.82. The van der Waals surface area contributed by atoms with Crippen molar-refractivity contribution < 1.29 is 27.5 Å². The van der Waals surface area contributed by atoms with E-state index in [1.54, 1.807) is 11.8 Å². The summed E-state index contributed by atoms with van der Waals surface area (Å²) in [5, 5.41) is 0. The fourth-order valence-electron chi connectivity index (χ4n) is 5.69. The van der Waals surface area contributed by atoms with E-state index < -0.39 is 23.4 Å². The van der Waals surface area contributed by atoms with Crippen molar-refractivity contribution in [3.05, 3.63) is 29.2 Å². The number of amides is 1. The van der Waals surface area contributed by atoms with E-state index in [0.717, 1.165) is 32.0 Å². The maximum Gasteiger partial charge on any atom is 0.433 e. The lowest BCUT2D eigenvalue weighted by molar-refractivity contribution is -0.151. The summed E-state index contributed by atoms with van der Waals surface area (Å²) in [6.07, 6.45) is -1.80. The second-order valence-electron chi connectivity index (χ2n) is 9.23. The molecule has 0 aromatic carbocycles. The molecule has 8 nitrogen and oxygen atoms in total. The van der Waals surface area contributed by atoms with Gasteiger partial charge in [-0.1, -0.05) is 6.92 Å². The van der Waals surface area contributed by atoms with Crippen LogP contribution in [0.4, 0.5) is 19.0 Å². The molecule has 178 valence electrons. The van der Waals surface area contributed by atoms with Crippen molar-refractivity contribution in [3.63, 3.8) is 0 Å². The van der Waals surface area contributed by atoms with Crippen LogP contribution in [-0.2, 0) is 20.5 Å². The third-order valence-electron chi connectivity index (χ3n) is 7.49. The minimum atomic E-state index is -4.54. The van der Waals surface area contributed by atoms with Gasteiger partial charge in [0.2, 0.25) is 0 Å². The molecular formula is C22H26F3N5O3. The van der Waals surface area contributed by atoms with E-state index in [2.05, 4.69) is 21.8 Å². The van der Waals surface area contributed by atoms with Crippen molar-refractivity contribution in [2.75, 3.05) is 37.6 Å². The van der Waals surface area contributed by atoms with E-state index >= 15 is 0 Å². The van der Waals surface area contributed by atoms with Crippen LogP contribution in [0.1, 0.15) is 38.8 Å². The SMILES string of the molecule is CCN1CCC2(CC1)OC(=O)C(C)=C2C(=O)N1C[C@@H]2C[C@H]1CN2c1cc(C(F)(F)F)ncn1. The minimum Gasteiger partial charge on any atom is -0.450 e. The van der Waals surface area contributed by atoms with Crippen molar-refractivity contribution >= 4 is 17.7 Å². The molecular weight excluding hydrogens is 439 g/mol. The molecule has 4 aliphatic heterocycles. The predicted octanol–water partition coefficient (Wildman–Crippen LogP) is 2.01. The van der Waals surface area contributed by atoms with Crippen LogP contribution in [0.5, 0.6) is 0 Å². The summed E-state index contributed by atoms with van der Waals surface area (Å²) in [5.41, 5.74) is -1.02. The van der Waals surface area contributed by atoms with Gasteiger partial charge in [-0.25, -0.2) is 14.8 Å².